The number of amides is 2. The molecule has 0 saturated carbocycles. The van der Waals surface area contributed by atoms with Gasteiger partial charge in [-0.3, -0.25) is 19.3 Å². The first-order valence-corrected chi connectivity index (χ1v) is 10.8. The van der Waals surface area contributed by atoms with Crippen LogP contribution >= 0.6 is 23.5 Å². The minimum atomic E-state index is -0.777. The van der Waals surface area contributed by atoms with Gasteiger partial charge >= 0.3 is 5.97 Å². The Kier molecular flexibility index (Phi) is 10.2. The molecule has 1 aliphatic heterocycles. The number of rotatable bonds is 8. The Hall–Kier alpha value is -0.990. The van der Waals surface area contributed by atoms with Crippen LogP contribution in [0.2, 0.25) is 0 Å². The molecule has 1 N–H and O–H groups in total. The molecule has 2 unspecified atom stereocenters. The number of thioether (sulfide) groups is 2. The van der Waals surface area contributed by atoms with Crippen LogP contribution in [0.1, 0.15) is 32.1 Å². The lowest BCUT2D eigenvalue weighted by atomic mass is 9.97. The zero-order valence-corrected chi connectivity index (χ0v) is 16.6. The number of imide groups is 1. The van der Waals surface area contributed by atoms with Gasteiger partial charge in [0.05, 0.1) is 30.1 Å². The van der Waals surface area contributed by atoms with Crippen molar-refractivity contribution in [2.45, 2.75) is 42.8 Å². The highest BCUT2D eigenvalue weighted by Crippen LogP contribution is 2.31. The third-order valence-electron chi connectivity index (χ3n) is 4.16. The van der Waals surface area contributed by atoms with E-state index in [1.54, 1.807) is 12.2 Å². The van der Waals surface area contributed by atoms with E-state index in [0.717, 1.165) is 12.8 Å². The number of methoxy groups -OCH3 is 1. The van der Waals surface area contributed by atoms with E-state index >= 15 is 0 Å². The van der Waals surface area contributed by atoms with E-state index in [4.69, 9.17) is 0 Å². The molecule has 1 saturated heterocycles. The lowest BCUT2D eigenvalue weighted by molar-refractivity contribution is -0.148. The number of hydrogen-bond acceptors (Lipinski definition) is 7. The van der Waals surface area contributed by atoms with Crippen molar-refractivity contribution < 1.29 is 24.2 Å². The Morgan fingerprint density at radius 2 is 1.92 bits per heavy atom. The molecule has 0 radical (unpaired) electrons. The van der Waals surface area contributed by atoms with Gasteiger partial charge in [-0.25, -0.2) is 0 Å². The maximum atomic E-state index is 12.8. The van der Waals surface area contributed by atoms with Crippen molar-refractivity contribution in [3.8, 4) is 0 Å². The van der Waals surface area contributed by atoms with Crippen molar-refractivity contribution in [3.05, 3.63) is 12.2 Å². The minimum absolute atomic E-state index is 0.0556. The van der Waals surface area contributed by atoms with Gasteiger partial charge in [-0.1, -0.05) is 18.6 Å². The van der Waals surface area contributed by atoms with E-state index in [1.165, 1.54) is 35.5 Å². The Morgan fingerprint density at radius 1 is 1.28 bits per heavy atom. The molecule has 1 rings (SSSR count). The molecule has 0 aromatic heterocycles. The maximum absolute atomic E-state index is 12.8. The molecule has 6 nitrogen and oxygen atoms in total. The fourth-order valence-corrected chi connectivity index (χ4v) is 4.46. The summed E-state index contributed by atoms with van der Waals surface area (Å²) in [7, 11) is 1.30. The molecule has 0 aliphatic carbocycles. The molecule has 1 heterocycles. The SMILES string of the molecule is COC(=O)C/C=C/CC(=O)N1CCCCC(C(O)C(SC)SC)C1=O. The normalized spacial score (nSPS) is 20.0. The monoisotopic (exact) mass is 389 g/mol. The highest BCUT2D eigenvalue weighted by molar-refractivity contribution is 8.16. The van der Waals surface area contributed by atoms with Crippen LogP contribution in [0.5, 0.6) is 0 Å². The van der Waals surface area contributed by atoms with Crippen molar-refractivity contribution in [1.82, 2.24) is 4.90 Å². The average molecular weight is 390 g/mol. The summed E-state index contributed by atoms with van der Waals surface area (Å²) in [6.07, 6.45) is 8.48. The Morgan fingerprint density at radius 3 is 2.52 bits per heavy atom. The third kappa shape index (κ3) is 6.67. The highest BCUT2D eigenvalue weighted by Gasteiger charge is 2.37. The van der Waals surface area contributed by atoms with Crippen LogP contribution in [0.15, 0.2) is 12.2 Å². The van der Waals surface area contributed by atoms with Gasteiger partial charge in [-0.2, -0.15) is 0 Å². The summed E-state index contributed by atoms with van der Waals surface area (Å²) in [5.41, 5.74) is 0. The maximum Gasteiger partial charge on any atom is 0.309 e. The van der Waals surface area contributed by atoms with Crippen LogP contribution in [-0.4, -0.2) is 64.6 Å². The van der Waals surface area contributed by atoms with Crippen molar-refractivity contribution in [1.29, 1.82) is 0 Å². The summed E-state index contributed by atoms with van der Waals surface area (Å²) in [4.78, 5) is 37.5. The van der Waals surface area contributed by atoms with E-state index in [-0.39, 0.29) is 35.2 Å². The molecule has 1 aliphatic rings. The first-order valence-electron chi connectivity index (χ1n) is 8.25. The van der Waals surface area contributed by atoms with Crippen LogP contribution in [0.3, 0.4) is 0 Å². The number of aliphatic hydroxyl groups excluding tert-OH is 1. The van der Waals surface area contributed by atoms with Gasteiger partial charge in [0.1, 0.15) is 0 Å². The number of aliphatic hydroxyl groups is 1. The molecular weight excluding hydrogens is 362 g/mol. The van der Waals surface area contributed by atoms with Crippen LogP contribution in [0.4, 0.5) is 0 Å². The summed E-state index contributed by atoms with van der Waals surface area (Å²) in [6, 6.07) is 0. The zero-order chi connectivity index (χ0) is 18.8. The standard InChI is InChI=1S/C17H27NO5S2/c1-23-14(20)10-5-4-9-13(19)18-11-7-6-8-12(16(18)22)15(21)17(24-2)25-3/h4-5,12,15,17,21H,6-11H2,1-3H3/b5-4+. The fourth-order valence-electron chi connectivity index (χ4n) is 2.75. The van der Waals surface area contributed by atoms with Crippen molar-refractivity contribution in [2.24, 2.45) is 5.92 Å². The topological polar surface area (TPSA) is 83.9 Å². The number of esters is 1. The smallest absolute Gasteiger partial charge is 0.309 e. The molecule has 25 heavy (non-hydrogen) atoms. The molecular formula is C17H27NO5S2. The van der Waals surface area contributed by atoms with Crippen LogP contribution in [0, 0.1) is 5.92 Å². The molecule has 0 aromatic rings. The molecule has 1 fully saturated rings. The van der Waals surface area contributed by atoms with Crippen LogP contribution < -0.4 is 0 Å². The Bertz CT molecular complexity index is 493. The zero-order valence-electron chi connectivity index (χ0n) is 15.0. The van der Waals surface area contributed by atoms with E-state index in [2.05, 4.69) is 4.74 Å². The summed E-state index contributed by atoms with van der Waals surface area (Å²) >= 11 is 3.03. The quantitative estimate of drug-likeness (QED) is 0.386. The second kappa shape index (κ2) is 11.6. The molecule has 0 aromatic carbocycles. The van der Waals surface area contributed by atoms with Crippen molar-refractivity contribution >= 4 is 41.3 Å². The number of nitrogens with zero attached hydrogens (tertiary/aromatic N) is 1. The first kappa shape index (κ1) is 22.1. The number of carbonyl (C=O) groups is 3. The molecule has 8 heteroatoms. The van der Waals surface area contributed by atoms with Gasteiger partial charge < -0.3 is 9.84 Å². The fraction of sp³-hybridized carbons (Fsp3) is 0.706. The predicted octanol–water partition coefficient (Wildman–Crippen LogP) is 2.06. The van der Waals surface area contributed by atoms with Crippen LogP contribution in [0.25, 0.3) is 0 Å². The Labute approximate surface area is 157 Å². The average Bonchev–Trinajstić information content (AvgIpc) is 2.80. The first-order chi connectivity index (χ1) is 12.0. The van der Waals surface area contributed by atoms with Gasteiger partial charge in [-0.15, -0.1) is 23.5 Å². The minimum Gasteiger partial charge on any atom is -0.469 e. The van der Waals surface area contributed by atoms with Gasteiger partial charge in [0, 0.05) is 13.0 Å². The number of carbonyl (C=O) groups excluding carboxylic acids is 3. The molecule has 2 amide bonds. The number of hydrogen-bond donors (Lipinski definition) is 1. The van der Waals surface area contributed by atoms with Crippen LogP contribution in [-0.2, 0) is 19.1 Å². The molecule has 0 bridgehead atoms. The lowest BCUT2D eigenvalue weighted by Gasteiger charge is -2.29. The van der Waals surface area contributed by atoms with Gasteiger partial charge in [0.2, 0.25) is 11.8 Å². The lowest BCUT2D eigenvalue weighted by Crippen LogP contribution is -2.45. The van der Waals surface area contributed by atoms with Gasteiger partial charge in [0.25, 0.3) is 0 Å². The van der Waals surface area contributed by atoms with Gasteiger partial charge in [-0.05, 0) is 25.4 Å². The number of ether oxygens (including phenoxy) is 1. The van der Waals surface area contributed by atoms with Gasteiger partial charge in [0.15, 0.2) is 0 Å². The summed E-state index contributed by atoms with van der Waals surface area (Å²) in [5.74, 6) is -1.51. The summed E-state index contributed by atoms with van der Waals surface area (Å²) in [6.45, 7) is 0.384. The van der Waals surface area contributed by atoms with Crippen molar-refractivity contribution in [2.75, 3.05) is 26.2 Å². The van der Waals surface area contributed by atoms with E-state index in [9.17, 15) is 19.5 Å². The second-order valence-corrected chi connectivity index (χ2v) is 8.03. The van der Waals surface area contributed by atoms with E-state index in [1.807, 2.05) is 12.5 Å². The predicted molar refractivity (Wildman–Crippen MR) is 101 cm³/mol. The van der Waals surface area contributed by atoms with E-state index in [0.29, 0.717) is 13.0 Å². The summed E-state index contributed by atoms with van der Waals surface area (Å²) in [5, 5.41) is 10.6. The number of likely N-dealkylation sites (tertiary alicyclic amines) is 1. The van der Waals surface area contributed by atoms with E-state index < -0.39 is 12.0 Å². The molecule has 142 valence electrons. The largest absolute Gasteiger partial charge is 0.469 e. The summed E-state index contributed by atoms with van der Waals surface area (Å²) < 4.78 is 4.43. The highest BCUT2D eigenvalue weighted by atomic mass is 32.2. The third-order valence-corrected chi connectivity index (χ3v) is 6.80. The second-order valence-electron chi connectivity index (χ2n) is 5.77. The molecule has 2 atom stereocenters. The molecule has 0 spiro atoms. The van der Waals surface area contributed by atoms with Crippen molar-refractivity contribution in [3.63, 3.8) is 0 Å². The Balaban J connectivity index is 2.73.